The first-order valence-electron chi connectivity index (χ1n) is 12.4. The topological polar surface area (TPSA) is 84.9 Å². The number of hydrogen-bond acceptors (Lipinski definition) is 4. The molecule has 190 valence electrons. The SMILES string of the molecule is O=C(N[C@H](C[Se]C1c2ccccc2Oc2ccccc21)C(=O)O)OCC1c2ccccc2-c2ccccc21. The van der Waals surface area contributed by atoms with Crippen molar-refractivity contribution in [1.29, 1.82) is 0 Å². The molecule has 1 amide bonds. The molecule has 4 aromatic rings. The van der Waals surface area contributed by atoms with Gasteiger partial charge in [0, 0.05) is 0 Å². The van der Waals surface area contributed by atoms with Gasteiger partial charge in [-0.05, 0) is 0 Å². The molecule has 1 aliphatic carbocycles. The van der Waals surface area contributed by atoms with Crippen molar-refractivity contribution < 1.29 is 24.2 Å². The molecule has 0 aromatic heterocycles. The minimum atomic E-state index is -1.07. The van der Waals surface area contributed by atoms with Gasteiger partial charge < -0.3 is 0 Å². The third-order valence-corrected chi connectivity index (χ3v) is 9.85. The Morgan fingerprint density at radius 1 is 0.789 bits per heavy atom. The maximum absolute atomic E-state index is 12.8. The van der Waals surface area contributed by atoms with Gasteiger partial charge in [0.15, 0.2) is 0 Å². The molecular formula is C31H25NO5Se. The average Bonchev–Trinajstić information content (AvgIpc) is 3.27. The van der Waals surface area contributed by atoms with Gasteiger partial charge in [-0.3, -0.25) is 0 Å². The fourth-order valence-corrected chi connectivity index (χ4v) is 8.05. The number of hydrogen-bond donors (Lipinski definition) is 2. The van der Waals surface area contributed by atoms with Crippen LogP contribution in [0.25, 0.3) is 11.1 Å². The summed E-state index contributed by atoms with van der Waals surface area (Å²) in [7, 11) is 0. The number of rotatable bonds is 7. The van der Waals surface area contributed by atoms with E-state index in [-0.39, 0.29) is 32.3 Å². The monoisotopic (exact) mass is 571 g/mol. The number of carboxylic acid groups (broad SMARTS) is 1. The van der Waals surface area contributed by atoms with E-state index >= 15 is 0 Å². The number of carbonyl (C=O) groups excluding carboxylic acids is 1. The summed E-state index contributed by atoms with van der Waals surface area (Å²) in [6.45, 7) is 0.137. The molecule has 38 heavy (non-hydrogen) atoms. The molecule has 2 N–H and O–H groups in total. The second-order valence-corrected chi connectivity index (χ2v) is 11.6. The van der Waals surface area contributed by atoms with Crippen molar-refractivity contribution in [3.8, 4) is 22.6 Å². The number of fused-ring (bicyclic) bond motifs is 5. The van der Waals surface area contributed by atoms with E-state index in [1.165, 1.54) is 0 Å². The molecule has 0 saturated carbocycles. The second kappa shape index (κ2) is 10.4. The Hall–Kier alpha value is -4.06. The fourth-order valence-electron chi connectivity index (χ4n) is 5.20. The first kappa shape index (κ1) is 24.3. The summed E-state index contributed by atoms with van der Waals surface area (Å²) in [6.07, 6.45) is -0.720. The summed E-state index contributed by atoms with van der Waals surface area (Å²) >= 11 is -0.171. The van der Waals surface area contributed by atoms with E-state index in [9.17, 15) is 14.7 Å². The predicted molar refractivity (Wildman–Crippen MR) is 145 cm³/mol. The molecule has 2 aliphatic rings. The Morgan fingerprint density at radius 2 is 1.29 bits per heavy atom. The molecule has 7 heteroatoms. The van der Waals surface area contributed by atoms with Crippen molar-refractivity contribution in [2.24, 2.45) is 0 Å². The Bertz CT molecular complexity index is 1430. The van der Waals surface area contributed by atoms with E-state index in [2.05, 4.69) is 17.4 Å². The van der Waals surface area contributed by atoms with E-state index in [1.54, 1.807) is 0 Å². The summed E-state index contributed by atoms with van der Waals surface area (Å²) in [5, 5.41) is 12.8. The van der Waals surface area contributed by atoms with Crippen LogP contribution < -0.4 is 10.1 Å². The summed E-state index contributed by atoms with van der Waals surface area (Å²) in [5.41, 5.74) is 6.57. The van der Waals surface area contributed by atoms with Gasteiger partial charge in [0.1, 0.15) is 0 Å². The molecule has 6 rings (SSSR count). The zero-order valence-corrected chi connectivity index (χ0v) is 22.1. The summed E-state index contributed by atoms with van der Waals surface area (Å²) in [6, 6.07) is 30.8. The summed E-state index contributed by atoms with van der Waals surface area (Å²) in [4.78, 5) is 24.9. The molecular weight excluding hydrogens is 545 g/mol. The average molecular weight is 571 g/mol. The number of alkyl carbamates (subject to hydrolysis) is 1. The van der Waals surface area contributed by atoms with Crippen LogP contribution in [0.2, 0.25) is 5.32 Å². The van der Waals surface area contributed by atoms with Crippen LogP contribution in [0.5, 0.6) is 11.5 Å². The normalized spacial score (nSPS) is 14.3. The van der Waals surface area contributed by atoms with Gasteiger partial charge in [0.25, 0.3) is 0 Å². The predicted octanol–water partition coefficient (Wildman–Crippen LogP) is 6.00. The van der Waals surface area contributed by atoms with E-state index in [0.717, 1.165) is 44.9 Å². The van der Waals surface area contributed by atoms with Crippen molar-refractivity contribution in [1.82, 2.24) is 5.32 Å². The second-order valence-electron chi connectivity index (χ2n) is 9.25. The van der Waals surface area contributed by atoms with Gasteiger partial charge in [-0.25, -0.2) is 0 Å². The van der Waals surface area contributed by atoms with Crippen molar-refractivity contribution in [2.45, 2.75) is 22.1 Å². The molecule has 0 saturated heterocycles. The minimum absolute atomic E-state index is 0.0230. The van der Waals surface area contributed by atoms with Crippen molar-refractivity contribution in [3.05, 3.63) is 119 Å². The number of aliphatic carboxylic acids is 1. The van der Waals surface area contributed by atoms with Crippen LogP contribution in [0, 0.1) is 0 Å². The van der Waals surface area contributed by atoms with Gasteiger partial charge in [0.05, 0.1) is 0 Å². The van der Waals surface area contributed by atoms with Crippen LogP contribution in [0.1, 0.15) is 33.0 Å². The van der Waals surface area contributed by atoms with Crippen LogP contribution in [0.4, 0.5) is 4.79 Å². The Balaban J connectivity index is 1.13. The summed E-state index contributed by atoms with van der Waals surface area (Å²) in [5.74, 6) is 0.411. The van der Waals surface area contributed by atoms with E-state index in [0.29, 0.717) is 5.32 Å². The van der Waals surface area contributed by atoms with Gasteiger partial charge in [0.2, 0.25) is 0 Å². The zero-order chi connectivity index (χ0) is 26.1. The number of ether oxygens (including phenoxy) is 2. The van der Waals surface area contributed by atoms with E-state index in [1.807, 2.05) is 84.9 Å². The first-order valence-corrected chi connectivity index (χ1v) is 14.6. The molecule has 4 aromatic carbocycles. The molecule has 1 atom stereocenters. The zero-order valence-electron chi connectivity index (χ0n) is 20.4. The van der Waals surface area contributed by atoms with Crippen molar-refractivity contribution in [3.63, 3.8) is 0 Å². The maximum atomic E-state index is 12.8. The van der Waals surface area contributed by atoms with Crippen LogP contribution in [-0.2, 0) is 9.53 Å². The Labute approximate surface area is 226 Å². The number of amides is 1. The molecule has 0 unspecified atom stereocenters. The van der Waals surface area contributed by atoms with E-state index in [4.69, 9.17) is 9.47 Å². The van der Waals surface area contributed by atoms with Gasteiger partial charge >= 0.3 is 227 Å². The van der Waals surface area contributed by atoms with Gasteiger partial charge in [-0.1, -0.05) is 0 Å². The third-order valence-electron chi connectivity index (χ3n) is 6.99. The summed E-state index contributed by atoms with van der Waals surface area (Å²) < 4.78 is 11.7. The van der Waals surface area contributed by atoms with Crippen molar-refractivity contribution in [2.75, 3.05) is 6.61 Å². The standard InChI is InChI=1S/C31H25NO5Se/c33-30(34)26(18-38-29-23-13-5-7-15-27(23)37-28-16-8-6-14-24(28)29)32-31(35)36-17-25-21-11-3-1-9-19(21)20-10-2-4-12-22(20)25/h1-16,25-26,29H,17-18H2,(H,32,35)(H,33,34)/t26-/m1/s1. The quantitative estimate of drug-likeness (QED) is 0.267. The number of benzene rings is 4. The molecule has 1 aliphatic heterocycles. The molecule has 1 heterocycles. The number of carboxylic acids is 1. The molecule has 6 nitrogen and oxygen atoms in total. The molecule has 0 fully saturated rings. The molecule has 0 radical (unpaired) electrons. The van der Waals surface area contributed by atoms with Crippen molar-refractivity contribution >= 4 is 27.0 Å². The molecule has 0 bridgehead atoms. The van der Waals surface area contributed by atoms with Gasteiger partial charge in [-0.2, -0.15) is 0 Å². The Kier molecular flexibility index (Phi) is 6.62. The van der Waals surface area contributed by atoms with Crippen LogP contribution in [0.3, 0.4) is 0 Å². The van der Waals surface area contributed by atoms with Crippen LogP contribution >= 0.6 is 0 Å². The first-order chi connectivity index (χ1) is 18.6. The van der Waals surface area contributed by atoms with E-state index < -0.39 is 18.1 Å². The fraction of sp³-hybridized carbons (Fsp3) is 0.161. The van der Waals surface area contributed by atoms with Crippen LogP contribution in [0.15, 0.2) is 97.1 Å². The Morgan fingerprint density at radius 3 is 1.84 bits per heavy atom. The van der Waals surface area contributed by atoms with Crippen LogP contribution in [-0.4, -0.2) is 44.8 Å². The number of nitrogens with one attached hydrogen (secondary N) is 1. The number of para-hydroxylation sites is 2. The van der Waals surface area contributed by atoms with Gasteiger partial charge in [-0.15, -0.1) is 0 Å². The number of carbonyl (C=O) groups is 2. The third kappa shape index (κ3) is 4.55. The molecule has 0 spiro atoms.